The molecule has 2 bridgehead atoms. The van der Waals surface area contributed by atoms with E-state index in [0.717, 1.165) is 25.9 Å². The van der Waals surface area contributed by atoms with Gasteiger partial charge >= 0.3 is 0 Å². The molecular formula is C15H25ClN2O2. The minimum Gasteiger partial charge on any atom is -0.374 e. The fraction of sp³-hybridized carbons (Fsp3) is 0.933. The Balaban J connectivity index is 0.00000121. The molecular weight excluding hydrogens is 276 g/mol. The van der Waals surface area contributed by atoms with Gasteiger partial charge in [0.1, 0.15) is 0 Å². The number of halogens is 1. The summed E-state index contributed by atoms with van der Waals surface area (Å²) in [7, 11) is 0. The van der Waals surface area contributed by atoms with E-state index >= 15 is 0 Å². The number of likely N-dealkylation sites (tertiary alicyclic amines) is 1. The number of carbonyl (C=O) groups excluding carboxylic acids is 1. The van der Waals surface area contributed by atoms with Crippen LogP contribution in [-0.2, 0) is 9.53 Å². The highest BCUT2D eigenvalue weighted by molar-refractivity contribution is 5.85. The molecule has 0 aromatic carbocycles. The van der Waals surface area contributed by atoms with Crippen LogP contribution in [-0.4, -0.2) is 42.1 Å². The van der Waals surface area contributed by atoms with Gasteiger partial charge in [-0.05, 0) is 31.6 Å². The predicted molar refractivity (Wildman–Crippen MR) is 78.6 cm³/mol. The van der Waals surface area contributed by atoms with Crippen molar-refractivity contribution < 1.29 is 9.53 Å². The van der Waals surface area contributed by atoms with Crippen molar-refractivity contribution >= 4 is 18.3 Å². The molecule has 4 fully saturated rings. The standard InChI is InChI=1S/C15H24N2O2.ClH/c16-12-3-1-2-9(12)6-15(18)17-7-10-11(8-17)14-5-4-13(10)19-14;/h9-14H,1-8,16H2;1H/t9-,10?,11?,12+,13?,14?;/m0./s1. The quantitative estimate of drug-likeness (QED) is 0.842. The summed E-state index contributed by atoms with van der Waals surface area (Å²) in [5, 5.41) is 0. The average Bonchev–Trinajstić information content (AvgIpc) is 3.09. The highest BCUT2D eigenvalue weighted by Crippen LogP contribution is 2.47. The summed E-state index contributed by atoms with van der Waals surface area (Å²) in [4.78, 5) is 14.5. The highest BCUT2D eigenvalue weighted by atomic mass is 35.5. The van der Waals surface area contributed by atoms with Gasteiger partial charge in [-0.1, -0.05) is 6.42 Å². The monoisotopic (exact) mass is 300 g/mol. The Morgan fingerprint density at radius 1 is 1.10 bits per heavy atom. The van der Waals surface area contributed by atoms with Crippen LogP contribution in [0.2, 0.25) is 0 Å². The van der Waals surface area contributed by atoms with Crippen LogP contribution in [0.4, 0.5) is 0 Å². The Kier molecular flexibility index (Phi) is 3.99. The summed E-state index contributed by atoms with van der Waals surface area (Å²) in [6.07, 6.45) is 7.42. The third kappa shape index (κ3) is 2.26. The largest absolute Gasteiger partial charge is 0.374 e. The summed E-state index contributed by atoms with van der Waals surface area (Å²) < 4.78 is 5.96. The van der Waals surface area contributed by atoms with E-state index in [2.05, 4.69) is 4.90 Å². The lowest BCUT2D eigenvalue weighted by molar-refractivity contribution is -0.132. The Bertz CT molecular complexity index is 374. The van der Waals surface area contributed by atoms with Gasteiger partial charge in [0.25, 0.3) is 0 Å². The van der Waals surface area contributed by atoms with Gasteiger partial charge in [0.05, 0.1) is 12.2 Å². The van der Waals surface area contributed by atoms with Crippen LogP contribution in [0.25, 0.3) is 0 Å². The average molecular weight is 301 g/mol. The zero-order valence-electron chi connectivity index (χ0n) is 11.9. The number of carbonyl (C=O) groups is 1. The number of ether oxygens (including phenoxy) is 1. The molecule has 0 spiro atoms. The summed E-state index contributed by atoms with van der Waals surface area (Å²) in [5.74, 6) is 2.02. The van der Waals surface area contributed by atoms with E-state index in [0.29, 0.717) is 42.3 Å². The van der Waals surface area contributed by atoms with Crippen molar-refractivity contribution in [1.82, 2.24) is 4.90 Å². The zero-order valence-corrected chi connectivity index (χ0v) is 12.7. The maximum absolute atomic E-state index is 12.4. The molecule has 6 atom stereocenters. The lowest BCUT2D eigenvalue weighted by Crippen LogP contribution is -2.35. The van der Waals surface area contributed by atoms with Crippen LogP contribution in [0.15, 0.2) is 0 Å². The van der Waals surface area contributed by atoms with E-state index in [-0.39, 0.29) is 18.4 Å². The first-order chi connectivity index (χ1) is 9.22. The molecule has 0 aromatic heterocycles. The van der Waals surface area contributed by atoms with Gasteiger partial charge in [0.15, 0.2) is 0 Å². The fourth-order valence-electron chi connectivity index (χ4n) is 4.84. The molecule has 4 nitrogen and oxygen atoms in total. The summed E-state index contributed by atoms with van der Waals surface area (Å²) in [5.41, 5.74) is 6.08. The number of hydrogen-bond acceptors (Lipinski definition) is 3. The molecule has 2 N–H and O–H groups in total. The van der Waals surface area contributed by atoms with Crippen LogP contribution in [0.5, 0.6) is 0 Å². The van der Waals surface area contributed by atoms with Crippen LogP contribution in [0, 0.1) is 17.8 Å². The molecule has 1 aliphatic carbocycles. The fourth-order valence-corrected chi connectivity index (χ4v) is 4.84. The van der Waals surface area contributed by atoms with Crippen LogP contribution >= 0.6 is 12.4 Å². The molecule has 3 aliphatic heterocycles. The maximum Gasteiger partial charge on any atom is 0.222 e. The third-order valence-electron chi connectivity index (χ3n) is 5.96. The molecule has 3 saturated heterocycles. The van der Waals surface area contributed by atoms with E-state index in [1.807, 2.05) is 0 Å². The second kappa shape index (κ2) is 5.47. The first-order valence-electron chi connectivity index (χ1n) is 7.91. The summed E-state index contributed by atoms with van der Waals surface area (Å²) in [6.45, 7) is 1.87. The molecule has 114 valence electrons. The van der Waals surface area contributed by atoms with Gasteiger partial charge in [-0.25, -0.2) is 0 Å². The Labute approximate surface area is 126 Å². The third-order valence-corrected chi connectivity index (χ3v) is 5.96. The number of rotatable bonds is 2. The molecule has 1 saturated carbocycles. The lowest BCUT2D eigenvalue weighted by atomic mass is 9.82. The number of nitrogens with zero attached hydrogens (tertiary/aromatic N) is 1. The van der Waals surface area contributed by atoms with Crippen molar-refractivity contribution in [3.05, 3.63) is 0 Å². The van der Waals surface area contributed by atoms with Gasteiger partial charge in [-0.3, -0.25) is 4.79 Å². The first kappa shape index (κ1) is 14.6. The molecule has 4 aliphatic rings. The molecule has 0 aromatic rings. The lowest BCUT2D eigenvalue weighted by Gasteiger charge is -2.22. The molecule has 4 rings (SSSR count). The van der Waals surface area contributed by atoms with Crippen molar-refractivity contribution in [2.24, 2.45) is 23.5 Å². The molecule has 1 amide bonds. The van der Waals surface area contributed by atoms with Crippen LogP contribution in [0.3, 0.4) is 0 Å². The van der Waals surface area contributed by atoms with Gasteiger partial charge in [-0.2, -0.15) is 0 Å². The SMILES string of the molecule is Cl.N[C@@H]1CCC[C@H]1CC(=O)N1CC2C3CCC(O3)C2C1. The maximum atomic E-state index is 12.4. The Morgan fingerprint density at radius 2 is 1.75 bits per heavy atom. The van der Waals surface area contributed by atoms with E-state index < -0.39 is 0 Å². The smallest absolute Gasteiger partial charge is 0.222 e. The molecule has 5 heteroatoms. The number of nitrogens with two attached hydrogens (primary N) is 1. The van der Waals surface area contributed by atoms with E-state index in [9.17, 15) is 4.79 Å². The van der Waals surface area contributed by atoms with Crippen molar-refractivity contribution in [2.45, 2.75) is 56.8 Å². The van der Waals surface area contributed by atoms with Crippen molar-refractivity contribution in [1.29, 1.82) is 0 Å². The zero-order chi connectivity index (χ0) is 13.0. The minimum absolute atomic E-state index is 0. The van der Waals surface area contributed by atoms with Gasteiger partial charge in [-0.15, -0.1) is 12.4 Å². The Morgan fingerprint density at radius 3 is 2.30 bits per heavy atom. The van der Waals surface area contributed by atoms with Gasteiger partial charge < -0.3 is 15.4 Å². The summed E-state index contributed by atoms with van der Waals surface area (Å²) >= 11 is 0. The van der Waals surface area contributed by atoms with Crippen LogP contribution < -0.4 is 5.73 Å². The van der Waals surface area contributed by atoms with Crippen molar-refractivity contribution in [3.63, 3.8) is 0 Å². The van der Waals surface area contributed by atoms with E-state index in [4.69, 9.17) is 10.5 Å². The number of amides is 1. The molecule has 3 heterocycles. The minimum atomic E-state index is 0. The number of fused-ring (bicyclic) bond motifs is 5. The van der Waals surface area contributed by atoms with E-state index in [1.165, 1.54) is 19.3 Å². The van der Waals surface area contributed by atoms with Crippen molar-refractivity contribution in [3.8, 4) is 0 Å². The highest BCUT2D eigenvalue weighted by Gasteiger charge is 2.53. The topological polar surface area (TPSA) is 55.6 Å². The Hall–Kier alpha value is -0.320. The second-order valence-corrected chi connectivity index (χ2v) is 6.98. The second-order valence-electron chi connectivity index (χ2n) is 6.98. The van der Waals surface area contributed by atoms with Crippen LogP contribution in [0.1, 0.15) is 38.5 Å². The van der Waals surface area contributed by atoms with Crippen molar-refractivity contribution in [2.75, 3.05) is 13.1 Å². The van der Waals surface area contributed by atoms with Gasteiger partial charge in [0, 0.05) is 37.4 Å². The normalized spacial score (nSPS) is 45.5. The number of hydrogen-bond donors (Lipinski definition) is 1. The van der Waals surface area contributed by atoms with Gasteiger partial charge in [0.2, 0.25) is 5.91 Å². The predicted octanol–water partition coefficient (Wildman–Crippen LogP) is 1.56. The first-order valence-corrected chi connectivity index (χ1v) is 7.91. The summed E-state index contributed by atoms with van der Waals surface area (Å²) in [6, 6.07) is 0.255. The van der Waals surface area contributed by atoms with E-state index in [1.54, 1.807) is 0 Å². The molecule has 20 heavy (non-hydrogen) atoms. The molecule has 4 unspecified atom stereocenters. The molecule has 0 radical (unpaired) electrons.